The van der Waals surface area contributed by atoms with Crippen LogP contribution in [-0.4, -0.2) is 77.5 Å². The van der Waals surface area contributed by atoms with Gasteiger partial charge < -0.3 is 38.9 Å². The lowest BCUT2D eigenvalue weighted by Crippen LogP contribution is -2.69. The van der Waals surface area contributed by atoms with Crippen LogP contribution in [0.25, 0.3) is 0 Å². The highest BCUT2D eigenvalue weighted by Gasteiger charge is 2.65. The van der Waals surface area contributed by atoms with Gasteiger partial charge in [-0.25, -0.2) is 4.79 Å². The second-order valence-corrected chi connectivity index (χ2v) is 17.3. The predicted octanol–water partition coefficient (Wildman–Crippen LogP) is 9.90. The minimum atomic E-state index is -1.37. The van der Waals surface area contributed by atoms with Crippen LogP contribution in [0.15, 0.2) is 107 Å². The van der Waals surface area contributed by atoms with Gasteiger partial charge in [0.25, 0.3) is 0 Å². The van der Waals surface area contributed by atoms with Gasteiger partial charge in [-0.2, -0.15) is 0 Å². The zero-order valence-electron chi connectivity index (χ0n) is 34.6. The number of aliphatic hydroxyl groups is 2. The molecule has 1 aliphatic heterocycles. The summed E-state index contributed by atoms with van der Waals surface area (Å²) in [4.78, 5) is 23.1. The molecular weight excluding hydrogens is 753 g/mol. The van der Waals surface area contributed by atoms with E-state index in [-0.39, 0.29) is 50.6 Å². The van der Waals surface area contributed by atoms with Crippen LogP contribution in [0.3, 0.4) is 0 Å². The molecule has 1 fully saturated rings. The van der Waals surface area contributed by atoms with Crippen LogP contribution in [0.4, 0.5) is 4.79 Å². The number of allylic oxidation sites excluding steroid dienone is 1. The first-order valence-electron chi connectivity index (χ1n) is 20.5. The highest BCUT2D eigenvalue weighted by Crippen LogP contribution is 2.62. The van der Waals surface area contributed by atoms with Crippen molar-refractivity contribution < 1.29 is 38.8 Å². The van der Waals surface area contributed by atoms with Gasteiger partial charge in [-0.05, 0) is 118 Å². The summed E-state index contributed by atoms with van der Waals surface area (Å²) >= 11 is 1.68. The number of thioether (sulfide) groups is 1. The normalized spacial score (nSPS) is 24.2. The molecule has 3 aliphatic rings. The van der Waals surface area contributed by atoms with Gasteiger partial charge in [0.05, 0.1) is 18.2 Å². The van der Waals surface area contributed by atoms with E-state index < -0.39 is 29.4 Å². The molecule has 0 saturated heterocycles. The van der Waals surface area contributed by atoms with Gasteiger partial charge in [0.1, 0.15) is 35.5 Å². The fourth-order valence-corrected chi connectivity index (χ4v) is 9.12. The smallest absolute Gasteiger partial charge is 0.410 e. The van der Waals surface area contributed by atoms with E-state index in [1.54, 1.807) is 29.8 Å². The summed E-state index contributed by atoms with van der Waals surface area (Å²) in [6.45, 7) is 10.4. The molecule has 0 unspecified atom stereocenters. The summed E-state index contributed by atoms with van der Waals surface area (Å²) in [5.41, 5.74) is 2.98. The van der Waals surface area contributed by atoms with E-state index in [1.807, 2.05) is 93.8 Å². The van der Waals surface area contributed by atoms with Crippen LogP contribution in [-0.2, 0) is 20.9 Å². The largest absolute Gasteiger partial charge is 0.459 e. The summed E-state index contributed by atoms with van der Waals surface area (Å²) in [5.74, 6) is 0.271. The summed E-state index contributed by atoms with van der Waals surface area (Å²) in [5, 5.41) is 24.7. The van der Waals surface area contributed by atoms with Crippen molar-refractivity contribution in [3.63, 3.8) is 0 Å². The van der Waals surface area contributed by atoms with Crippen LogP contribution in [0.1, 0.15) is 82.8 Å². The maximum absolute atomic E-state index is 14.1. The number of carbonyl (C=O) groups is 1. The number of oxime groups is 1. The van der Waals surface area contributed by atoms with E-state index in [9.17, 15) is 15.0 Å². The molecule has 6 rings (SSSR count). The molecular formula is C47H60N2O8S. The van der Waals surface area contributed by atoms with Crippen LogP contribution < -0.4 is 9.47 Å². The minimum Gasteiger partial charge on any atom is -0.459 e. The molecule has 2 N–H and O–H groups in total. The van der Waals surface area contributed by atoms with Crippen molar-refractivity contribution in [2.45, 2.75) is 101 Å². The Morgan fingerprint density at radius 2 is 1.71 bits per heavy atom. The number of fused-ring (bicyclic) bond motifs is 2. The Bertz CT molecular complexity index is 1890. The number of hydrogen-bond acceptors (Lipinski definition) is 10. The fraction of sp³-hybridized carbons (Fsp3) is 0.489. The molecule has 6 atom stereocenters. The Morgan fingerprint density at radius 3 is 2.38 bits per heavy atom. The average Bonchev–Trinajstić information content (AvgIpc) is 3.22. The number of amides is 1. The number of ether oxygens (including phenoxy) is 4. The zero-order valence-corrected chi connectivity index (χ0v) is 35.4. The number of likely N-dealkylation sites (N-methyl/N-ethyl adjacent to an activating group) is 1. The molecule has 10 nitrogen and oxygen atoms in total. The summed E-state index contributed by atoms with van der Waals surface area (Å²) in [6, 6.07) is 22.9. The van der Waals surface area contributed by atoms with Gasteiger partial charge in [-0.15, -0.1) is 18.3 Å². The SMILES string of the molecule is C=CCO[C@@]12Oc3ccc(Oc4ccc(SC)cc4)cc3[C@H]3[C@H](CCCCO)[C@@H](CCCCO)C=C(C(=NOC(C)(C)C)C[C@@H]1N(C)C(=O)OCc1ccccc1)[C@H]32. The quantitative estimate of drug-likeness (QED) is 0.0560. The Morgan fingerprint density at radius 1 is 1.00 bits per heavy atom. The Labute approximate surface area is 348 Å². The first-order chi connectivity index (χ1) is 28.0. The lowest BCUT2D eigenvalue weighted by molar-refractivity contribution is -0.253. The molecule has 0 bridgehead atoms. The standard InChI is InChI=1S/C47H60N2O8S/c1-7-27-54-47-42(49(5)45(52)53-31-32-15-9-8-10-16-32)30-40(48-57-46(2,3)4)38-28-33(17-11-13-25-50)37(18-12-14-26-51)43(44(38)47)39-29-35(21-24-41(39)56-47)55-34-19-22-36(58-6)23-20-34/h7-10,15-16,19-24,28-29,33,37,42-44,50-51H,1,11-14,17-18,25-27,30-31H2,2-6H3/t33-,37+,42-,43+,44+,47+/m0/s1. The van der Waals surface area contributed by atoms with Gasteiger partial charge in [0, 0.05) is 43.1 Å². The Balaban J connectivity index is 1.53. The monoisotopic (exact) mass is 812 g/mol. The number of hydrogen-bond donors (Lipinski definition) is 2. The second kappa shape index (κ2) is 19.6. The van der Waals surface area contributed by atoms with Crippen molar-refractivity contribution in [3.8, 4) is 17.2 Å². The summed E-state index contributed by atoms with van der Waals surface area (Å²) in [6.07, 6.45) is 10.6. The third-order valence-electron chi connectivity index (χ3n) is 11.3. The van der Waals surface area contributed by atoms with Crippen molar-refractivity contribution in [2.24, 2.45) is 22.9 Å². The van der Waals surface area contributed by atoms with Crippen molar-refractivity contribution in [2.75, 3.05) is 33.1 Å². The van der Waals surface area contributed by atoms with E-state index in [1.165, 1.54) is 0 Å². The van der Waals surface area contributed by atoms with Crippen molar-refractivity contribution >= 4 is 23.6 Å². The number of nitrogens with zero attached hydrogens (tertiary/aromatic N) is 2. The van der Waals surface area contributed by atoms with Crippen LogP contribution in [0.5, 0.6) is 17.2 Å². The van der Waals surface area contributed by atoms with Crippen LogP contribution in [0, 0.1) is 17.8 Å². The van der Waals surface area contributed by atoms with Gasteiger partial charge in [0.2, 0.25) is 5.79 Å². The molecule has 1 saturated carbocycles. The van der Waals surface area contributed by atoms with Gasteiger partial charge in [-0.1, -0.05) is 60.5 Å². The molecule has 0 spiro atoms. The fourth-order valence-electron chi connectivity index (χ4n) is 8.71. The molecule has 11 heteroatoms. The topological polar surface area (TPSA) is 119 Å². The highest BCUT2D eigenvalue weighted by molar-refractivity contribution is 7.98. The number of carbonyl (C=O) groups excluding carboxylic acids is 1. The van der Waals surface area contributed by atoms with Gasteiger partial charge in [-0.3, -0.25) is 0 Å². The number of unbranched alkanes of at least 4 members (excludes halogenated alkanes) is 2. The lowest BCUT2D eigenvalue weighted by Gasteiger charge is -2.59. The van der Waals surface area contributed by atoms with Crippen molar-refractivity contribution in [1.82, 2.24) is 4.90 Å². The number of rotatable bonds is 18. The zero-order chi connectivity index (χ0) is 41.3. The van der Waals surface area contributed by atoms with Crippen LogP contribution in [0.2, 0.25) is 0 Å². The van der Waals surface area contributed by atoms with E-state index in [0.29, 0.717) is 24.3 Å². The van der Waals surface area contributed by atoms with Gasteiger partial charge in [0.15, 0.2) is 0 Å². The molecule has 1 heterocycles. The Kier molecular flexibility index (Phi) is 14.7. The van der Waals surface area contributed by atoms with Crippen molar-refractivity contribution in [3.05, 3.63) is 108 Å². The average molecular weight is 813 g/mol. The van der Waals surface area contributed by atoms with E-state index in [2.05, 4.69) is 18.7 Å². The molecule has 2 aliphatic carbocycles. The molecule has 0 radical (unpaired) electrons. The second-order valence-electron chi connectivity index (χ2n) is 16.4. The van der Waals surface area contributed by atoms with E-state index in [4.69, 9.17) is 28.9 Å². The number of aliphatic hydroxyl groups excluding tert-OH is 2. The highest BCUT2D eigenvalue weighted by atomic mass is 32.2. The molecule has 3 aromatic rings. The summed E-state index contributed by atoms with van der Waals surface area (Å²) < 4.78 is 26.7. The minimum absolute atomic E-state index is 0.0864. The van der Waals surface area contributed by atoms with E-state index >= 15 is 0 Å². The maximum atomic E-state index is 14.1. The summed E-state index contributed by atoms with van der Waals surface area (Å²) in [7, 11) is 1.74. The van der Waals surface area contributed by atoms with E-state index in [0.717, 1.165) is 58.7 Å². The molecule has 3 aromatic carbocycles. The maximum Gasteiger partial charge on any atom is 0.410 e. The molecule has 312 valence electrons. The molecule has 1 amide bonds. The third kappa shape index (κ3) is 9.93. The first-order valence-corrected chi connectivity index (χ1v) is 21.8. The first kappa shape index (κ1) is 43.3. The Hall–Kier alpha value is -4.29. The predicted molar refractivity (Wildman–Crippen MR) is 228 cm³/mol. The van der Waals surface area contributed by atoms with Gasteiger partial charge >= 0.3 is 6.09 Å². The van der Waals surface area contributed by atoms with Crippen molar-refractivity contribution in [1.29, 1.82) is 0 Å². The lowest BCUT2D eigenvalue weighted by atomic mass is 9.55. The van der Waals surface area contributed by atoms with Crippen LogP contribution >= 0.6 is 11.8 Å². The molecule has 58 heavy (non-hydrogen) atoms. The number of benzene rings is 3. The third-order valence-corrected chi connectivity index (χ3v) is 12.1. The molecule has 0 aromatic heterocycles.